The molecule has 0 unspecified atom stereocenters. The number of carbonyl (C=O) groups excluding carboxylic acids is 1. The van der Waals surface area contributed by atoms with Crippen molar-refractivity contribution < 1.29 is 4.79 Å². The van der Waals surface area contributed by atoms with Crippen LogP contribution in [0.25, 0.3) is 0 Å². The molecule has 198 valence electrons. The van der Waals surface area contributed by atoms with Crippen LogP contribution < -0.4 is 11.5 Å². The zero-order valence-electron chi connectivity index (χ0n) is 22.5. The Balaban J connectivity index is 1.58. The lowest BCUT2D eigenvalue weighted by Gasteiger charge is -2.29. The fraction of sp³-hybridized carbons (Fsp3) is 0.633. The third kappa shape index (κ3) is 8.72. The van der Waals surface area contributed by atoms with Crippen LogP contribution in [0.15, 0.2) is 34.5 Å². The van der Waals surface area contributed by atoms with Gasteiger partial charge in [0.2, 0.25) is 5.91 Å². The first-order valence-corrected chi connectivity index (χ1v) is 14.5. The Labute approximate surface area is 223 Å². The molecule has 1 saturated carbocycles. The fourth-order valence-corrected chi connectivity index (χ4v) is 5.86. The number of benzene rings is 1. The van der Waals surface area contributed by atoms with Crippen molar-refractivity contribution in [2.24, 2.45) is 22.4 Å². The van der Waals surface area contributed by atoms with Gasteiger partial charge >= 0.3 is 0 Å². The van der Waals surface area contributed by atoms with E-state index in [9.17, 15) is 4.79 Å². The number of aryl methyl sites for hydroxylation is 2. The SMILES string of the molecule is C/C(C(N)=O)=C(/CCCc1cc(C(=S)N2CCCCC2)ccc1C)N=C(N)CCCC1CCCCC1. The van der Waals surface area contributed by atoms with Gasteiger partial charge in [0.15, 0.2) is 0 Å². The van der Waals surface area contributed by atoms with E-state index in [2.05, 4.69) is 35.0 Å². The molecule has 1 aromatic carbocycles. The summed E-state index contributed by atoms with van der Waals surface area (Å²) in [4.78, 5) is 19.9. The molecule has 1 aliphatic carbocycles. The molecule has 36 heavy (non-hydrogen) atoms. The Morgan fingerprint density at radius 1 is 1.03 bits per heavy atom. The monoisotopic (exact) mass is 510 g/mol. The summed E-state index contributed by atoms with van der Waals surface area (Å²) in [5.41, 5.74) is 16.9. The van der Waals surface area contributed by atoms with Gasteiger partial charge in [-0.2, -0.15) is 0 Å². The average Bonchev–Trinajstić information content (AvgIpc) is 2.89. The lowest BCUT2D eigenvalue weighted by Crippen LogP contribution is -2.34. The highest BCUT2D eigenvalue weighted by Crippen LogP contribution is 2.28. The number of amides is 1. The van der Waals surface area contributed by atoms with Gasteiger partial charge in [0.05, 0.1) is 11.5 Å². The Hall–Kier alpha value is -2.21. The molecule has 1 aromatic rings. The molecule has 0 radical (unpaired) electrons. The number of carbonyl (C=O) groups is 1. The molecular weight excluding hydrogens is 464 g/mol. The third-order valence-electron chi connectivity index (χ3n) is 7.95. The molecule has 3 rings (SSSR count). The largest absolute Gasteiger partial charge is 0.387 e. The van der Waals surface area contributed by atoms with Crippen LogP contribution in [-0.2, 0) is 11.2 Å². The third-order valence-corrected chi connectivity index (χ3v) is 8.44. The Morgan fingerprint density at radius 2 is 1.72 bits per heavy atom. The number of allylic oxidation sites excluding steroid dienone is 1. The van der Waals surface area contributed by atoms with Gasteiger partial charge in [-0.1, -0.05) is 62.9 Å². The number of hydrogen-bond acceptors (Lipinski definition) is 3. The molecule has 4 N–H and O–H groups in total. The number of thiocarbonyl (C=S) groups is 1. The Morgan fingerprint density at radius 3 is 2.42 bits per heavy atom. The first-order valence-electron chi connectivity index (χ1n) is 14.1. The van der Waals surface area contributed by atoms with Gasteiger partial charge in [-0.3, -0.25) is 4.79 Å². The molecule has 2 aliphatic rings. The van der Waals surface area contributed by atoms with Crippen molar-refractivity contribution in [2.75, 3.05) is 13.1 Å². The highest BCUT2D eigenvalue weighted by molar-refractivity contribution is 7.80. The maximum absolute atomic E-state index is 11.9. The smallest absolute Gasteiger partial charge is 0.246 e. The molecule has 5 nitrogen and oxygen atoms in total. The summed E-state index contributed by atoms with van der Waals surface area (Å²) < 4.78 is 0. The van der Waals surface area contributed by atoms with Crippen LogP contribution in [0.5, 0.6) is 0 Å². The van der Waals surface area contributed by atoms with E-state index in [1.54, 1.807) is 6.92 Å². The van der Waals surface area contributed by atoms with E-state index in [0.29, 0.717) is 17.8 Å². The summed E-state index contributed by atoms with van der Waals surface area (Å²) in [7, 11) is 0. The highest BCUT2D eigenvalue weighted by Gasteiger charge is 2.16. The minimum atomic E-state index is -0.422. The summed E-state index contributed by atoms with van der Waals surface area (Å²) >= 11 is 5.82. The number of amidine groups is 1. The van der Waals surface area contributed by atoms with Crippen molar-refractivity contribution in [3.63, 3.8) is 0 Å². The normalized spacial score (nSPS) is 18.2. The van der Waals surface area contributed by atoms with Crippen molar-refractivity contribution in [1.82, 2.24) is 4.90 Å². The van der Waals surface area contributed by atoms with E-state index in [1.165, 1.54) is 68.9 Å². The van der Waals surface area contributed by atoms with Gasteiger partial charge in [0.25, 0.3) is 0 Å². The second kappa shape index (κ2) is 14.5. The fourth-order valence-electron chi connectivity index (χ4n) is 5.55. The molecule has 1 amide bonds. The molecule has 0 aromatic heterocycles. The van der Waals surface area contributed by atoms with Crippen molar-refractivity contribution >= 4 is 28.9 Å². The molecular formula is C30H46N4OS. The number of hydrogen-bond donors (Lipinski definition) is 2. The van der Waals surface area contributed by atoms with Crippen molar-refractivity contribution in [2.45, 2.75) is 104 Å². The summed E-state index contributed by atoms with van der Waals surface area (Å²) in [5.74, 6) is 1.04. The predicted molar refractivity (Wildman–Crippen MR) is 155 cm³/mol. The van der Waals surface area contributed by atoms with Gasteiger partial charge in [0, 0.05) is 30.6 Å². The average molecular weight is 511 g/mol. The standard InChI is InChI=1S/C30H46N4OS/c1-22-17-18-26(30(36)34-19-7-4-8-20-34)21-25(22)14-10-15-27(23(2)29(32)35)33-28(31)16-9-13-24-11-5-3-6-12-24/h17-18,21,24H,3-16,19-20H2,1-2H3,(H2,31,33)(H2,32,35)/b27-23+. The van der Waals surface area contributed by atoms with Gasteiger partial charge in [-0.05, 0) is 81.9 Å². The van der Waals surface area contributed by atoms with E-state index < -0.39 is 5.91 Å². The van der Waals surface area contributed by atoms with Crippen LogP contribution in [0.1, 0.15) is 107 Å². The number of nitrogens with two attached hydrogens (primary N) is 2. The summed E-state index contributed by atoms with van der Waals surface area (Å²) in [5, 5.41) is 0. The zero-order chi connectivity index (χ0) is 25.9. The first kappa shape index (κ1) is 28.4. The van der Waals surface area contributed by atoms with Crippen LogP contribution in [-0.4, -0.2) is 34.7 Å². The number of likely N-dealkylation sites (tertiary alicyclic amines) is 1. The van der Waals surface area contributed by atoms with Crippen LogP contribution in [0, 0.1) is 12.8 Å². The van der Waals surface area contributed by atoms with Gasteiger partial charge < -0.3 is 16.4 Å². The lowest BCUT2D eigenvalue weighted by atomic mass is 9.86. The second-order valence-corrected chi connectivity index (χ2v) is 11.2. The topological polar surface area (TPSA) is 84.7 Å². The second-order valence-electron chi connectivity index (χ2n) is 10.8. The minimum Gasteiger partial charge on any atom is -0.387 e. The zero-order valence-corrected chi connectivity index (χ0v) is 23.3. The highest BCUT2D eigenvalue weighted by atomic mass is 32.1. The summed E-state index contributed by atoms with van der Waals surface area (Å²) in [6.45, 7) is 6.03. The van der Waals surface area contributed by atoms with Gasteiger partial charge in [-0.25, -0.2) is 4.99 Å². The van der Waals surface area contributed by atoms with E-state index in [0.717, 1.165) is 60.9 Å². The number of aliphatic imine (C=N–C) groups is 1. The van der Waals surface area contributed by atoms with E-state index in [4.69, 9.17) is 23.7 Å². The van der Waals surface area contributed by atoms with Gasteiger partial charge in [0.1, 0.15) is 4.99 Å². The summed E-state index contributed by atoms with van der Waals surface area (Å²) in [6.07, 6.45) is 16.1. The number of primary amides is 1. The van der Waals surface area contributed by atoms with Crippen molar-refractivity contribution in [3.05, 3.63) is 46.2 Å². The maximum atomic E-state index is 11.9. The van der Waals surface area contributed by atoms with Crippen LogP contribution in [0.2, 0.25) is 0 Å². The summed E-state index contributed by atoms with van der Waals surface area (Å²) in [6, 6.07) is 6.57. The Bertz CT molecular complexity index is 956. The van der Waals surface area contributed by atoms with E-state index >= 15 is 0 Å². The predicted octanol–water partition coefficient (Wildman–Crippen LogP) is 6.35. The molecule has 6 heteroatoms. The van der Waals surface area contributed by atoms with Crippen LogP contribution >= 0.6 is 12.2 Å². The molecule has 1 saturated heterocycles. The molecule has 0 atom stereocenters. The quantitative estimate of drug-likeness (QED) is 0.157. The number of nitrogens with zero attached hydrogens (tertiary/aromatic N) is 2. The van der Waals surface area contributed by atoms with Crippen LogP contribution in [0.4, 0.5) is 0 Å². The number of rotatable bonds is 11. The van der Waals surface area contributed by atoms with E-state index in [-0.39, 0.29) is 0 Å². The molecule has 0 bridgehead atoms. The number of piperidine rings is 1. The van der Waals surface area contributed by atoms with Crippen LogP contribution in [0.3, 0.4) is 0 Å². The lowest BCUT2D eigenvalue weighted by molar-refractivity contribution is -0.114. The first-order chi connectivity index (χ1) is 17.3. The molecule has 0 spiro atoms. The Kier molecular flexibility index (Phi) is 11.4. The van der Waals surface area contributed by atoms with Crippen molar-refractivity contribution in [3.8, 4) is 0 Å². The van der Waals surface area contributed by atoms with Gasteiger partial charge in [-0.15, -0.1) is 0 Å². The van der Waals surface area contributed by atoms with Crippen molar-refractivity contribution in [1.29, 1.82) is 0 Å². The molecule has 1 aliphatic heterocycles. The van der Waals surface area contributed by atoms with E-state index in [1.807, 2.05) is 0 Å². The molecule has 1 heterocycles. The maximum Gasteiger partial charge on any atom is 0.246 e. The molecule has 2 fully saturated rings. The minimum absolute atomic E-state index is 0.422.